The number of carbonyl (C=O) groups excluding carboxylic acids is 1. The zero-order chi connectivity index (χ0) is 17.2. The summed E-state index contributed by atoms with van der Waals surface area (Å²) in [6.45, 7) is 8.24. The molecule has 1 atom stereocenters. The molecular formula is C18H31Cl2N3O3. The summed E-state index contributed by atoms with van der Waals surface area (Å²) >= 11 is 0. The van der Waals surface area contributed by atoms with Crippen LogP contribution in [-0.2, 0) is 16.1 Å². The fourth-order valence-corrected chi connectivity index (χ4v) is 2.62. The van der Waals surface area contributed by atoms with Crippen molar-refractivity contribution in [2.45, 2.75) is 13.5 Å². The molecule has 0 aliphatic carbocycles. The van der Waals surface area contributed by atoms with Crippen molar-refractivity contribution in [3.8, 4) is 5.75 Å². The number of carbonyl (C=O) groups is 1. The summed E-state index contributed by atoms with van der Waals surface area (Å²) in [5, 5.41) is 5.98. The summed E-state index contributed by atoms with van der Waals surface area (Å²) in [4.78, 5) is 14.3. The molecule has 1 saturated heterocycles. The molecule has 1 aromatic rings. The molecule has 1 amide bonds. The second-order valence-corrected chi connectivity index (χ2v) is 6.13. The van der Waals surface area contributed by atoms with Gasteiger partial charge in [0.1, 0.15) is 12.4 Å². The highest BCUT2D eigenvalue weighted by atomic mass is 35.5. The highest BCUT2D eigenvalue weighted by Crippen LogP contribution is 2.13. The van der Waals surface area contributed by atoms with Crippen molar-refractivity contribution in [1.82, 2.24) is 15.5 Å². The largest absolute Gasteiger partial charge is 0.492 e. The maximum Gasteiger partial charge on any atom is 0.224 e. The third-order valence-electron chi connectivity index (χ3n) is 4.10. The van der Waals surface area contributed by atoms with Crippen LogP contribution in [0.5, 0.6) is 5.75 Å². The molecule has 26 heavy (non-hydrogen) atoms. The number of ether oxygens (including phenoxy) is 2. The number of hydrogen-bond donors (Lipinski definition) is 2. The van der Waals surface area contributed by atoms with Crippen LogP contribution >= 0.6 is 24.8 Å². The lowest BCUT2D eigenvalue weighted by Crippen LogP contribution is -2.38. The van der Waals surface area contributed by atoms with E-state index in [4.69, 9.17) is 9.47 Å². The first-order valence-electron chi connectivity index (χ1n) is 8.63. The molecule has 1 unspecified atom stereocenters. The van der Waals surface area contributed by atoms with Gasteiger partial charge in [-0.25, -0.2) is 0 Å². The predicted molar refractivity (Wildman–Crippen MR) is 109 cm³/mol. The Morgan fingerprint density at radius 1 is 1.31 bits per heavy atom. The second-order valence-electron chi connectivity index (χ2n) is 6.13. The molecule has 8 heteroatoms. The van der Waals surface area contributed by atoms with Gasteiger partial charge < -0.3 is 20.1 Å². The molecule has 1 heterocycles. The van der Waals surface area contributed by atoms with Gasteiger partial charge in [-0.15, -0.1) is 24.8 Å². The van der Waals surface area contributed by atoms with Gasteiger partial charge in [0, 0.05) is 38.6 Å². The molecule has 0 saturated carbocycles. The van der Waals surface area contributed by atoms with E-state index in [1.165, 1.54) is 0 Å². The van der Waals surface area contributed by atoms with Crippen LogP contribution in [0.4, 0.5) is 0 Å². The van der Waals surface area contributed by atoms with Crippen LogP contribution in [0.2, 0.25) is 0 Å². The summed E-state index contributed by atoms with van der Waals surface area (Å²) in [5.41, 5.74) is 1.05. The Morgan fingerprint density at radius 3 is 2.73 bits per heavy atom. The minimum absolute atomic E-state index is 0. The van der Waals surface area contributed by atoms with Crippen molar-refractivity contribution in [3.05, 3.63) is 29.8 Å². The normalized spacial score (nSPS) is 15.3. The number of amides is 1. The Labute approximate surface area is 168 Å². The monoisotopic (exact) mass is 407 g/mol. The third-order valence-corrected chi connectivity index (χ3v) is 4.10. The minimum Gasteiger partial charge on any atom is -0.492 e. The van der Waals surface area contributed by atoms with Crippen LogP contribution < -0.4 is 15.4 Å². The van der Waals surface area contributed by atoms with Crippen LogP contribution in [-0.4, -0.2) is 63.9 Å². The molecule has 6 nitrogen and oxygen atoms in total. The van der Waals surface area contributed by atoms with E-state index in [0.717, 1.165) is 44.2 Å². The summed E-state index contributed by atoms with van der Waals surface area (Å²) in [5.74, 6) is 0.865. The van der Waals surface area contributed by atoms with Crippen LogP contribution in [0, 0.1) is 5.92 Å². The van der Waals surface area contributed by atoms with E-state index in [9.17, 15) is 4.79 Å². The minimum atomic E-state index is -0.0389. The Kier molecular flexibility index (Phi) is 13.5. The smallest absolute Gasteiger partial charge is 0.224 e. The van der Waals surface area contributed by atoms with E-state index in [1.807, 2.05) is 38.2 Å². The van der Waals surface area contributed by atoms with Gasteiger partial charge in [0.25, 0.3) is 0 Å². The molecule has 150 valence electrons. The van der Waals surface area contributed by atoms with Crippen molar-refractivity contribution < 1.29 is 14.3 Å². The van der Waals surface area contributed by atoms with Crippen LogP contribution in [0.15, 0.2) is 24.3 Å². The zero-order valence-electron chi connectivity index (χ0n) is 15.5. The average Bonchev–Trinajstić information content (AvgIpc) is 2.61. The number of nitrogens with one attached hydrogen (secondary N) is 2. The van der Waals surface area contributed by atoms with E-state index in [-0.39, 0.29) is 36.6 Å². The van der Waals surface area contributed by atoms with Gasteiger partial charge in [-0.3, -0.25) is 9.69 Å². The first-order valence-corrected chi connectivity index (χ1v) is 8.63. The second kappa shape index (κ2) is 14.1. The van der Waals surface area contributed by atoms with Crippen LogP contribution in [0.1, 0.15) is 12.5 Å². The zero-order valence-corrected chi connectivity index (χ0v) is 17.2. The van der Waals surface area contributed by atoms with E-state index >= 15 is 0 Å². The van der Waals surface area contributed by atoms with Crippen molar-refractivity contribution in [2.75, 3.05) is 53.0 Å². The summed E-state index contributed by atoms with van der Waals surface area (Å²) < 4.78 is 11.2. The van der Waals surface area contributed by atoms with Crippen LogP contribution in [0.3, 0.4) is 0 Å². The van der Waals surface area contributed by atoms with Crippen molar-refractivity contribution in [2.24, 2.45) is 5.92 Å². The number of hydrogen-bond acceptors (Lipinski definition) is 5. The molecule has 1 aliphatic rings. The molecule has 0 spiro atoms. The van der Waals surface area contributed by atoms with E-state index in [0.29, 0.717) is 19.7 Å². The number of morpholine rings is 1. The Hall–Kier alpha value is -1.05. The van der Waals surface area contributed by atoms with E-state index in [1.54, 1.807) is 0 Å². The molecule has 0 radical (unpaired) electrons. The van der Waals surface area contributed by atoms with Crippen molar-refractivity contribution >= 4 is 30.7 Å². The summed E-state index contributed by atoms with van der Waals surface area (Å²) in [6, 6.07) is 7.90. The van der Waals surface area contributed by atoms with Crippen LogP contribution in [0.25, 0.3) is 0 Å². The van der Waals surface area contributed by atoms with Gasteiger partial charge in [0.2, 0.25) is 5.91 Å². The molecule has 1 fully saturated rings. The molecular weight excluding hydrogens is 377 g/mol. The Balaban J connectivity index is 0.00000312. The highest BCUT2D eigenvalue weighted by Gasteiger charge is 2.12. The maximum atomic E-state index is 11.9. The maximum absolute atomic E-state index is 11.9. The lowest BCUT2D eigenvalue weighted by molar-refractivity contribution is -0.124. The predicted octanol–water partition coefficient (Wildman–Crippen LogP) is 1.71. The number of benzene rings is 1. The Bertz CT molecular complexity index is 514. The third kappa shape index (κ3) is 9.05. The molecule has 0 aromatic heterocycles. The topological polar surface area (TPSA) is 62.8 Å². The fourth-order valence-electron chi connectivity index (χ4n) is 2.62. The highest BCUT2D eigenvalue weighted by molar-refractivity contribution is 5.85. The summed E-state index contributed by atoms with van der Waals surface area (Å²) in [7, 11) is 1.85. The molecule has 0 bridgehead atoms. The first-order chi connectivity index (χ1) is 11.7. The van der Waals surface area contributed by atoms with Gasteiger partial charge in [0.15, 0.2) is 0 Å². The molecule has 2 rings (SSSR count). The first kappa shape index (κ1) is 24.9. The standard InChI is InChI=1S/C18H29N3O3.2ClH/c1-15(13-19-2)18(22)20-14-16-4-3-5-17(12-16)24-11-8-21-6-9-23-10-7-21;;/h3-5,12,15,19H,6-11,13-14H2,1-2H3,(H,20,22);2*1H. The van der Waals surface area contributed by atoms with Crippen molar-refractivity contribution in [3.63, 3.8) is 0 Å². The lowest BCUT2D eigenvalue weighted by atomic mass is 10.1. The molecule has 1 aliphatic heterocycles. The number of rotatable bonds is 9. The lowest BCUT2D eigenvalue weighted by Gasteiger charge is -2.26. The van der Waals surface area contributed by atoms with Gasteiger partial charge in [-0.2, -0.15) is 0 Å². The fraction of sp³-hybridized carbons (Fsp3) is 0.611. The van der Waals surface area contributed by atoms with Gasteiger partial charge in [-0.05, 0) is 24.7 Å². The molecule has 1 aromatic carbocycles. The summed E-state index contributed by atoms with van der Waals surface area (Å²) in [6.07, 6.45) is 0. The SMILES string of the molecule is CNCC(C)C(=O)NCc1cccc(OCCN2CCOCC2)c1.Cl.Cl. The van der Waals surface area contributed by atoms with Gasteiger partial charge in [0.05, 0.1) is 13.2 Å². The average molecular weight is 408 g/mol. The van der Waals surface area contributed by atoms with Gasteiger partial charge >= 0.3 is 0 Å². The van der Waals surface area contributed by atoms with E-state index < -0.39 is 0 Å². The quantitative estimate of drug-likeness (QED) is 0.652. The molecule has 2 N–H and O–H groups in total. The van der Waals surface area contributed by atoms with Gasteiger partial charge in [-0.1, -0.05) is 19.1 Å². The van der Waals surface area contributed by atoms with Crippen molar-refractivity contribution in [1.29, 1.82) is 0 Å². The number of halogens is 2. The number of nitrogens with zero attached hydrogens (tertiary/aromatic N) is 1. The van der Waals surface area contributed by atoms with E-state index in [2.05, 4.69) is 15.5 Å². The Morgan fingerprint density at radius 2 is 2.04 bits per heavy atom.